The van der Waals surface area contributed by atoms with Gasteiger partial charge >= 0.3 is 5.97 Å². The average Bonchev–Trinajstić information content (AvgIpc) is 2.78. The van der Waals surface area contributed by atoms with Crippen LogP contribution in [-0.4, -0.2) is 17.1 Å². The molecule has 0 saturated heterocycles. The molecule has 0 aliphatic rings. The molecule has 0 spiro atoms. The third-order valence-electron chi connectivity index (χ3n) is 4.48. The number of fused-ring (bicyclic) bond motifs is 1. The molecule has 0 aromatic heterocycles. The highest BCUT2D eigenvalue weighted by Gasteiger charge is 2.13. The van der Waals surface area contributed by atoms with E-state index in [4.69, 9.17) is 4.74 Å². The SMILES string of the molecule is O=C(Oc1ccc(C=Nc2ccc3ccccc3c2)cc1)c1cccc([N+](=O)[O-])c1. The highest BCUT2D eigenvalue weighted by Crippen LogP contribution is 2.21. The molecule has 0 heterocycles. The number of carbonyl (C=O) groups is 1. The van der Waals surface area contributed by atoms with Crippen LogP contribution in [0.3, 0.4) is 0 Å². The summed E-state index contributed by atoms with van der Waals surface area (Å²) in [5, 5.41) is 13.1. The number of esters is 1. The molecule has 0 radical (unpaired) electrons. The molecule has 0 unspecified atom stereocenters. The van der Waals surface area contributed by atoms with Crippen LogP contribution in [0, 0.1) is 10.1 Å². The third kappa shape index (κ3) is 4.39. The lowest BCUT2D eigenvalue weighted by Crippen LogP contribution is -2.08. The number of hydrogen-bond donors (Lipinski definition) is 0. The van der Waals surface area contributed by atoms with Crippen LogP contribution >= 0.6 is 0 Å². The smallest absolute Gasteiger partial charge is 0.343 e. The Balaban J connectivity index is 1.44. The van der Waals surface area contributed by atoms with E-state index in [1.165, 1.54) is 24.3 Å². The predicted molar refractivity (Wildman–Crippen MR) is 116 cm³/mol. The van der Waals surface area contributed by atoms with Crippen molar-refractivity contribution in [1.29, 1.82) is 0 Å². The van der Waals surface area contributed by atoms with Gasteiger partial charge in [-0.15, -0.1) is 0 Å². The number of ether oxygens (including phenoxy) is 1. The maximum atomic E-state index is 12.2. The van der Waals surface area contributed by atoms with Gasteiger partial charge in [0.1, 0.15) is 5.75 Å². The summed E-state index contributed by atoms with van der Waals surface area (Å²) in [6.07, 6.45) is 1.73. The molecule has 4 aromatic rings. The van der Waals surface area contributed by atoms with Crippen LogP contribution in [0.5, 0.6) is 5.75 Å². The second kappa shape index (κ2) is 8.36. The number of carbonyl (C=O) groups excluding carboxylic acids is 1. The van der Waals surface area contributed by atoms with Gasteiger partial charge in [0, 0.05) is 18.3 Å². The topological polar surface area (TPSA) is 81.8 Å². The number of aliphatic imine (C=N–C) groups is 1. The molecular formula is C24H16N2O4. The van der Waals surface area contributed by atoms with E-state index in [0.29, 0.717) is 5.75 Å². The molecule has 0 fully saturated rings. The fourth-order valence-corrected chi connectivity index (χ4v) is 2.94. The van der Waals surface area contributed by atoms with Crippen molar-refractivity contribution in [2.45, 2.75) is 0 Å². The summed E-state index contributed by atoms with van der Waals surface area (Å²) in [6.45, 7) is 0. The minimum atomic E-state index is -0.656. The molecule has 0 N–H and O–H groups in total. The number of nitro benzene ring substituents is 1. The summed E-state index contributed by atoms with van der Waals surface area (Å²) >= 11 is 0. The zero-order valence-corrected chi connectivity index (χ0v) is 15.8. The standard InChI is InChI=1S/C24H16N2O4/c27-24(20-6-3-7-22(15-20)26(28)29)30-23-12-8-17(9-13-23)16-25-21-11-10-18-4-1-2-5-19(18)14-21/h1-16H. The van der Waals surface area contributed by atoms with Crippen molar-refractivity contribution in [2.75, 3.05) is 0 Å². The van der Waals surface area contributed by atoms with Gasteiger partial charge in [0.2, 0.25) is 0 Å². The summed E-state index contributed by atoms with van der Waals surface area (Å²) in [7, 11) is 0. The van der Waals surface area contributed by atoms with E-state index < -0.39 is 10.9 Å². The minimum Gasteiger partial charge on any atom is -0.423 e. The van der Waals surface area contributed by atoms with Crippen LogP contribution in [0.1, 0.15) is 15.9 Å². The van der Waals surface area contributed by atoms with Crippen LogP contribution < -0.4 is 4.74 Å². The molecule has 4 rings (SSSR count). The summed E-state index contributed by atoms with van der Waals surface area (Å²) in [5.74, 6) is -0.314. The quantitative estimate of drug-likeness (QED) is 0.142. The zero-order chi connectivity index (χ0) is 20.9. The van der Waals surface area contributed by atoms with Gasteiger partial charge in [-0.25, -0.2) is 4.79 Å². The molecule has 0 aliphatic carbocycles. The van der Waals surface area contributed by atoms with Gasteiger partial charge in [0.15, 0.2) is 0 Å². The maximum absolute atomic E-state index is 12.2. The number of nitro groups is 1. The molecule has 0 saturated carbocycles. The molecule has 30 heavy (non-hydrogen) atoms. The van der Waals surface area contributed by atoms with Crippen LogP contribution in [0.4, 0.5) is 11.4 Å². The van der Waals surface area contributed by atoms with Gasteiger partial charge in [-0.2, -0.15) is 0 Å². The van der Waals surface area contributed by atoms with Crippen molar-refractivity contribution in [3.05, 3.63) is 112 Å². The Labute approximate surface area is 172 Å². The van der Waals surface area contributed by atoms with Crippen LogP contribution in [0.2, 0.25) is 0 Å². The highest BCUT2D eigenvalue weighted by molar-refractivity contribution is 5.92. The van der Waals surface area contributed by atoms with E-state index in [9.17, 15) is 14.9 Å². The van der Waals surface area contributed by atoms with Crippen LogP contribution in [0.15, 0.2) is 96.0 Å². The summed E-state index contributed by atoms with van der Waals surface area (Å²) in [6, 6.07) is 26.4. The Hall–Kier alpha value is -4.32. The lowest BCUT2D eigenvalue weighted by molar-refractivity contribution is -0.384. The Kier molecular flexibility index (Phi) is 5.30. The third-order valence-corrected chi connectivity index (χ3v) is 4.48. The lowest BCUT2D eigenvalue weighted by atomic mass is 10.1. The van der Waals surface area contributed by atoms with Gasteiger partial charge in [-0.1, -0.05) is 36.4 Å². The van der Waals surface area contributed by atoms with E-state index >= 15 is 0 Å². The average molecular weight is 396 g/mol. The molecule has 6 heteroatoms. The van der Waals surface area contributed by atoms with Crippen molar-refractivity contribution >= 4 is 34.3 Å². The first-order chi connectivity index (χ1) is 14.6. The summed E-state index contributed by atoms with van der Waals surface area (Å²) in [4.78, 5) is 27.0. The molecular weight excluding hydrogens is 380 g/mol. The van der Waals surface area contributed by atoms with E-state index in [1.54, 1.807) is 30.5 Å². The fraction of sp³-hybridized carbons (Fsp3) is 0. The zero-order valence-electron chi connectivity index (χ0n) is 15.8. The van der Waals surface area contributed by atoms with Crippen LogP contribution in [-0.2, 0) is 0 Å². The molecule has 6 nitrogen and oxygen atoms in total. The number of hydrogen-bond acceptors (Lipinski definition) is 5. The summed E-state index contributed by atoms with van der Waals surface area (Å²) < 4.78 is 5.30. The van der Waals surface area contributed by atoms with Crippen molar-refractivity contribution in [2.24, 2.45) is 4.99 Å². The Bertz CT molecular complexity index is 1260. The molecule has 146 valence electrons. The summed E-state index contributed by atoms with van der Waals surface area (Å²) in [5.41, 5.74) is 1.64. The molecule has 0 bridgehead atoms. The second-order valence-electron chi connectivity index (χ2n) is 6.56. The van der Waals surface area contributed by atoms with E-state index in [-0.39, 0.29) is 11.3 Å². The Morgan fingerprint density at radius 1 is 0.867 bits per heavy atom. The molecule has 0 amide bonds. The number of rotatable bonds is 5. The van der Waals surface area contributed by atoms with Gasteiger partial charge in [-0.05, 0) is 58.8 Å². The van der Waals surface area contributed by atoms with Crippen molar-refractivity contribution in [3.63, 3.8) is 0 Å². The highest BCUT2D eigenvalue weighted by atomic mass is 16.6. The van der Waals surface area contributed by atoms with Gasteiger partial charge in [-0.3, -0.25) is 15.1 Å². The van der Waals surface area contributed by atoms with E-state index in [0.717, 1.165) is 22.0 Å². The number of non-ortho nitro benzene ring substituents is 1. The first-order valence-electron chi connectivity index (χ1n) is 9.18. The first-order valence-corrected chi connectivity index (χ1v) is 9.18. The largest absolute Gasteiger partial charge is 0.423 e. The second-order valence-corrected chi connectivity index (χ2v) is 6.56. The monoisotopic (exact) mass is 396 g/mol. The Morgan fingerprint density at radius 2 is 1.63 bits per heavy atom. The minimum absolute atomic E-state index is 0.117. The van der Waals surface area contributed by atoms with E-state index in [1.807, 2.05) is 36.4 Å². The predicted octanol–water partition coefficient (Wildman–Crippen LogP) is 5.72. The molecule has 0 atom stereocenters. The molecule has 0 aliphatic heterocycles. The van der Waals surface area contributed by atoms with Crippen molar-refractivity contribution < 1.29 is 14.5 Å². The first kappa shape index (κ1) is 19.0. The normalized spacial score (nSPS) is 10.9. The Morgan fingerprint density at radius 3 is 2.40 bits per heavy atom. The maximum Gasteiger partial charge on any atom is 0.343 e. The number of benzene rings is 4. The molecule has 4 aromatic carbocycles. The van der Waals surface area contributed by atoms with Crippen molar-refractivity contribution in [3.8, 4) is 5.75 Å². The lowest BCUT2D eigenvalue weighted by Gasteiger charge is -2.04. The fourth-order valence-electron chi connectivity index (χ4n) is 2.94. The van der Waals surface area contributed by atoms with E-state index in [2.05, 4.69) is 11.1 Å². The van der Waals surface area contributed by atoms with Gasteiger partial charge < -0.3 is 4.74 Å². The van der Waals surface area contributed by atoms with Gasteiger partial charge in [0.25, 0.3) is 5.69 Å². The van der Waals surface area contributed by atoms with Gasteiger partial charge in [0.05, 0.1) is 16.2 Å². The number of nitrogens with zero attached hydrogens (tertiary/aromatic N) is 2. The van der Waals surface area contributed by atoms with Crippen molar-refractivity contribution in [1.82, 2.24) is 0 Å². The van der Waals surface area contributed by atoms with Crippen LogP contribution in [0.25, 0.3) is 10.8 Å².